The number of allylic oxidation sites excluding steroid dienone is 3. The first-order valence-corrected chi connectivity index (χ1v) is 13.2. The summed E-state index contributed by atoms with van der Waals surface area (Å²) < 4.78 is 25.1. The van der Waals surface area contributed by atoms with Gasteiger partial charge in [-0.15, -0.1) is 11.3 Å². The van der Waals surface area contributed by atoms with E-state index in [2.05, 4.69) is 5.32 Å². The molecule has 0 bridgehead atoms. The predicted molar refractivity (Wildman–Crippen MR) is 135 cm³/mol. The zero-order valence-electron chi connectivity index (χ0n) is 20.6. The van der Waals surface area contributed by atoms with Crippen LogP contribution in [0.1, 0.15) is 62.3 Å². The Balaban J connectivity index is 1.93. The maximum absolute atomic E-state index is 14.4. The smallest absolute Gasteiger partial charge is 0.336 e. The van der Waals surface area contributed by atoms with Crippen LogP contribution >= 0.6 is 11.3 Å². The molecule has 2 aliphatic rings. The highest BCUT2D eigenvalue weighted by Gasteiger charge is 2.49. The number of carbonyl (C=O) groups excluding carboxylic acids is 3. The largest absolute Gasteiger partial charge is 0.465 e. The van der Waals surface area contributed by atoms with Crippen molar-refractivity contribution in [1.82, 2.24) is 5.32 Å². The molecule has 1 N–H and O–H groups in total. The molecule has 0 radical (unpaired) electrons. The molecule has 0 amide bonds. The number of hydrogen-bond acceptors (Lipinski definition) is 7. The van der Waals surface area contributed by atoms with Gasteiger partial charge in [-0.25, -0.2) is 9.18 Å². The molecule has 190 valence electrons. The zero-order valence-corrected chi connectivity index (χ0v) is 21.5. The molecule has 1 aromatic heterocycles. The van der Waals surface area contributed by atoms with Crippen molar-refractivity contribution in [1.29, 1.82) is 0 Å². The lowest BCUT2D eigenvalue weighted by molar-refractivity contribution is -0.152. The fourth-order valence-electron chi connectivity index (χ4n) is 5.14. The fourth-order valence-corrected chi connectivity index (χ4v) is 6.00. The molecule has 0 spiro atoms. The molecule has 2 heterocycles. The monoisotopic (exact) mass is 511 g/mol. The molecule has 1 aliphatic heterocycles. The molecule has 8 heteroatoms. The zero-order chi connectivity index (χ0) is 25.8. The van der Waals surface area contributed by atoms with Crippen LogP contribution in [0.15, 0.2) is 64.3 Å². The standard InChI is InChI=1S/C28H30FNO5S/c1-4-9-19-25(28(33)35-6-3)22(16-10-7-11-17(29)14-16)24-20(30-19)15-18(21-12-8-13-36-21)23(26(24)31)27(32)34-5-2/h7-8,10-14,18,22-23,30H,4-6,9,15H2,1-3H3/t18-,22-,23+/m1/s1. The average Bonchev–Trinajstić information content (AvgIpc) is 3.38. The lowest BCUT2D eigenvalue weighted by atomic mass is 9.68. The Hall–Kier alpha value is -3.26. The number of ether oxygens (including phenoxy) is 2. The first kappa shape index (κ1) is 25.8. The molecule has 1 aromatic carbocycles. The third-order valence-corrected chi connectivity index (χ3v) is 7.53. The summed E-state index contributed by atoms with van der Waals surface area (Å²) in [5.41, 5.74) is 2.37. The molecule has 0 saturated carbocycles. The minimum absolute atomic E-state index is 0.145. The van der Waals surface area contributed by atoms with E-state index in [1.54, 1.807) is 26.0 Å². The minimum atomic E-state index is -1.06. The van der Waals surface area contributed by atoms with Crippen LogP contribution in [0.2, 0.25) is 0 Å². The summed E-state index contributed by atoms with van der Waals surface area (Å²) in [4.78, 5) is 41.5. The molecule has 3 atom stereocenters. The van der Waals surface area contributed by atoms with Gasteiger partial charge in [-0.05, 0) is 55.8 Å². The van der Waals surface area contributed by atoms with Crippen LogP contribution in [-0.2, 0) is 23.9 Å². The van der Waals surface area contributed by atoms with Crippen molar-refractivity contribution in [2.45, 2.75) is 51.9 Å². The van der Waals surface area contributed by atoms with Gasteiger partial charge in [0.1, 0.15) is 11.7 Å². The normalized spacial score (nSPS) is 21.7. The van der Waals surface area contributed by atoms with Crippen LogP contribution < -0.4 is 5.32 Å². The van der Waals surface area contributed by atoms with Gasteiger partial charge in [0.15, 0.2) is 5.78 Å². The van der Waals surface area contributed by atoms with Gasteiger partial charge in [-0.3, -0.25) is 9.59 Å². The third-order valence-electron chi connectivity index (χ3n) is 6.53. The number of esters is 2. The summed E-state index contributed by atoms with van der Waals surface area (Å²) in [5.74, 6) is -4.35. The molecule has 0 unspecified atom stereocenters. The number of hydrogen-bond donors (Lipinski definition) is 1. The molecular weight excluding hydrogens is 481 g/mol. The van der Waals surface area contributed by atoms with Gasteiger partial charge in [0.2, 0.25) is 0 Å². The van der Waals surface area contributed by atoms with Crippen LogP contribution in [0, 0.1) is 11.7 Å². The van der Waals surface area contributed by atoms with E-state index < -0.39 is 41.3 Å². The number of carbonyl (C=O) groups is 3. The second-order valence-corrected chi connectivity index (χ2v) is 9.77. The van der Waals surface area contributed by atoms with Gasteiger partial charge in [0, 0.05) is 33.7 Å². The predicted octanol–water partition coefficient (Wildman–Crippen LogP) is 5.38. The summed E-state index contributed by atoms with van der Waals surface area (Å²) in [7, 11) is 0. The van der Waals surface area contributed by atoms with Gasteiger partial charge in [-0.2, -0.15) is 0 Å². The Bertz CT molecular complexity index is 1220. The van der Waals surface area contributed by atoms with Gasteiger partial charge in [0.05, 0.1) is 18.8 Å². The Morgan fingerprint density at radius 3 is 2.53 bits per heavy atom. The van der Waals surface area contributed by atoms with Crippen molar-refractivity contribution in [2.75, 3.05) is 13.2 Å². The summed E-state index contributed by atoms with van der Waals surface area (Å²) in [6.45, 7) is 5.71. The summed E-state index contributed by atoms with van der Waals surface area (Å²) in [6, 6.07) is 9.71. The first-order chi connectivity index (χ1) is 17.4. The molecule has 36 heavy (non-hydrogen) atoms. The topological polar surface area (TPSA) is 81.7 Å². The van der Waals surface area contributed by atoms with Crippen LogP contribution in [0.5, 0.6) is 0 Å². The molecule has 4 rings (SSSR count). The van der Waals surface area contributed by atoms with E-state index in [0.29, 0.717) is 35.4 Å². The van der Waals surface area contributed by atoms with Gasteiger partial charge in [-0.1, -0.05) is 31.5 Å². The molecule has 6 nitrogen and oxygen atoms in total. The van der Waals surface area contributed by atoms with E-state index in [9.17, 15) is 18.8 Å². The third kappa shape index (κ3) is 4.87. The highest BCUT2D eigenvalue weighted by molar-refractivity contribution is 7.10. The minimum Gasteiger partial charge on any atom is -0.465 e. The number of nitrogens with one attached hydrogen (secondary N) is 1. The summed E-state index contributed by atoms with van der Waals surface area (Å²) in [6.07, 6.45) is 1.69. The number of ketones is 1. The Morgan fingerprint density at radius 1 is 1.11 bits per heavy atom. The molecule has 0 fully saturated rings. The average molecular weight is 512 g/mol. The Kier molecular flexibility index (Phi) is 8.04. The molecule has 2 aromatic rings. The van der Waals surface area contributed by atoms with Crippen molar-refractivity contribution >= 4 is 29.1 Å². The van der Waals surface area contributed by atoms with Crippen molar-refractivity contribution < 1.29 is 28.2 Å². The highest BCUT2D eigenvalue weighted by atomic mass is 32.1. The number of thiophene rings is 1. The van der Waals surface area contributed by atoms with Crippen molar-refractivity contribution in [3.63, 3.8) is 0 Å². The lowest BCUT2D eigenvalue weighted by Crippen LogP contribution is -2.43. The number of Topliss-reactive ketones (excluding diaryl/α,β-unsaturated/α-hetero) is 1. The Morgan fingerprint density at radius 2 is 1.89 bits per heavy atom. The van der Waals surface area contributed by atoms with Crippen LogP contribution in [0.4, 0.5) is 4.39 Å². The number of dihydropyridines is 1. The van der Waals surface area contributed by atoms with Crippen LogP contribution in [0.3, 0.4) is 0 Å². The second kappa shape index (κ2) is 11.2. The van der Waals surface area contributed by atoms with Gasteiger partial charge in [0.25, 0.3) is 0 Å². The summed E-state index contributed by atoms with van der Waals surface area (Å²) >= 11 is 1.49. The highest BCUT2D eigenvalue weighted by Crippen LogP contribution is 2.49. The second-order valence-electron chi connectivity index (χ2n) is 8.79. The molecule has 1 aliphatic carbocycles. The molecule has 0 saturated heterocycles. The first-order valence-electron chi connectivity index (χ1n) is 12.3. The molecular formula is C28H30FNO5S. The SMILES string of the molecule is CCCC1=C(C(=O)OCC)[C@H](c2cccc(F)c2)C2=C(C[C@H](c3cccs3)[C@H](C(=O)OCC)C2=O)N1. The van der Waals surface area contributed by atoms with E-state index in [1.165, 1.54) is 23.5 Å². The number of benzene rings is 1. The van der Waals surface area contributed by atoms with Crippen molar-refractivity contribution in [2.24, 2.45) is 5.92 Å². The number of halogens is 1. The van der Waals surface area contributed by atoms with Gasteiger partial charge >= 0.3 is 11.9 Å². The van der Waals surface area contributed by atoms with Gasteiger partial charge < -0.3 is 14.8 Å². The Labute approximate surface area is 214 Å². The maximum Gasteiger partial charge on any atom is 0.336 e. The van der Waals surface area contributed by atoms with Crippen molar-refractivity contribution in [3.05, 3.63) is 80.6 Å². The van der Waals surface area contributed by atoms with Crippen LogP contribution in [0.25, 0.3) is 0 Å². The van der Waals surface area contributed by atoms with E-state index in [-0.39, 0.29) is 18.8 Å². The number of rotatable bonds is 8. The van der Waals surface area contributed by atoms with E-state index in [0.717, 1.165) is 11.3 Å². The van der Waals surface area contributed by atoms with E-state index in [1.807, 2.05) is 24.4 Å². The van der Waals surface area contributed by atoms with Crippen molar-refractivity contribution in [3.8, 4) is 0 Å². The lowest BCUT2D eigenvalue weighted by Gasteiger charge is -2.39. The fraction of sp³-hybridized carbons (Fsp3) is 0.393. The summed E-state index contributed by atoms with van der Waals surface area (Å²) in [5, 5.41) is 5.28. The maximum atomic E-state index is 14.4. The van der Waals surface area contributed by atoms with Crippen LogP contribution in [-0.4, -0.2) is 30.9 Å². The van der Waals surface area contributed by atoms with E-state index >= 15 is 0 Å². The van der Waals surface area contributed by atoms with E-state index in [4.69, 9.17) is 9.47 Å². The quantitative estimate of drug-likeness (QED) is 0.379.